The summed E-state index contributed by atoms with van der Waals surface area (Å²) in [5.41, 5.74) is -1.10. The van der Waals surface area contributed by atoms with Crippen molar-refractivity contribution in [1.82, 2.24) is 10.2 Å². The topological polar surface area (TPSA) is 89.9 Å². The van der Waals surface area contributed by atoms with Gasteiger partial charge in [0.15, 0.2) is 0 Å². The molecule has 11 atom stereocenters. The molecule has 6 nitrogen and oxygen atoms in total. The first kappa shape index (κ1) is 26.6. The van der Waals surface area contributed by atoms with Gasteiger partial charge in [-0.15, -0.1) is 0 Å². The van der Waals surface area contributed by atoms with E-state index in [1.807, 2.05) is 13.8 Å². The average molecular weight is 503 g/mol. The quantitative estimate of drug-likeness (QED) is 0.534. The van der Waals surface area contributed by atoms with Crippen LogP contribution >= 0.6 is 0 Å². The molecule has 0 saturated heterocycles. The summed E-state index contributed by atoms with van der Waals surface area (Å²) in [6.45, 7) is 12.9. The number of carbonyl (C=O) groups excluding carboxylic acids is 2. The van der Waals surface area contributed by atoms with Crippen LogP contribution in [0.5, 0.6) is 0 Å². The van der Waals surface area contributed by atoms with E-state index >= 15 is 0 Å². The number of hydrogen-bond donors (Lipinski definition) is 3. The molecule has 5 fully saturated rings. The van der Waals surface area contributed by atoms with Gasteiger partial charge in [0, 0.05) is 41.2 Å². The lowest BCUT2D eigenvalue weighted by Crippen LogP contribution is -2.64. The smallest absolute Gasteiger partial charge is 0.222 e. The molecule has 5 aliphatic rings. The lowest BCUT2D eigenvalue weighted by atomic mass is 9.41. The van der Waals surface area contributed by atoms with E-state index in [-0.39, 0.29) is 69.9 Å². The van der Waals surface area contributed by atoms with Crippen molar-refractivity contribution in [2.45, 2.75) is 105 Å². The maximum absolute atomic E-state index is 14.4. The molecule has 5 rings (SSSR count). The van der Waals surface area contributed by atoms with Gasteiger partial charge < -0.3 is 20.4 Å². The number of hydrogen-bond acceptors (Lipinski definition) is 5. The van der Waals surface area contributed by atoms with Crippen LogP contribution in [0.3, 0.4) is 0 Å². The second-order valence-corrected chi connectivity index (χ2v) is 14.8. The monoisotopic (exact) mass is 502 g/mol. The van der Waals surface area contributed by atoms with Gasteiger partial charge in [0.2, 0.25) is 5.91 Å². The van der Waals surface area contributed by atoms with Gasteiger partial charge in [-0.1, -0.05) is 34.6 Å². The second kappa shape index (κ2) is 8.02. The summed E-state index contributed by atoms with van der Waals surface area (Å²) in [5, 5.41) is 25.5. The predicted molar refractivity (Wildman–Crippen MR) is 140 cm³/mol. The van der Waals surface area contributed by atoms with E-state index < -0.39 is 11.5 Å². The summed E-state index contributed by atoms with van der Waals surface area (Å²) < 4.78 is 0. The lowest BCUT2D eigenvalue weighted by Gasteiger charge is -2.63. The van der Waals surface area contributed by atoms with Crippen LogP contribution in [-0.4, -0.2) is 65.7 Å². The van der Waals surface area contributed by atoms with Gasteiger partial charge in [-0.05, 0) is 87.6 Å². The van der Waals surface area contributed by atoms with E-state index in [4.69, 9.17) is 0 Å². The molecule has 6 heteroatoms. The first-order valence-electron chi connectivity index (χ1n) is 14.5. The number of Topliss-reactive ketones (excluding diaryl/α,β-unsaturated/α-hetero) is 1. The van der Waals surface area contributed by atoms with Gasteiger partial charge in [-0.2, -0.15) is 0 Å². The van der Waals surface area contributed by atoms with Crippen molar-refractivity contribution in [3.8, 4) is 0 Å². The van der Waals surface area contributed by atoms with Crippen LogP contribution in [0.1, 0.15) is 86.5 Å². The highest BCUT2D eigenvalue weighted by atomic mass is 16.3. The molecular formula is C30H50N2O4. The largest absolute Gasteiger partial charge is 0.396 e. The normalized spacial score (nSPS) is 52.3. The van der Waals surface area contributed by atoms with E-state index in [0.717, 1.165) is 38.5 Å². The van der Waals surface area contributed by atoms with Crippen molar-refractivity contribution in [2.24, 2.45) is 50.7 Å². The molecule has 5 saturated carbocycles. The van der Waals surface area contributed by atoms with Crippen molar-refractivity contribution >= 4 is 11.7 Å². The van der Waals surface area contributed by atoms with Crippen LogP contribution in [0.2, 0.25) is 0 Å². The predicted octanol–water partition coefficient (Wildman–Crippen LogP) is 3.64. The molecule has 36 heavy (non-hydrogen) atoms. The van der Waals surface area contributed by atoms with Gasteiger partial charge in [0.25, 0.3) is 0 Å². The van der Waals surface area contributed by atoms with Crippen molar-refractivity contribution in [3.05, 3.63) is 0 Å². The third kappa shape index (κ3) is 2.96. The van der Waals surface area contributed by atoms with Gasteiger partial charge in [0.05, 0.1) is 12.7 Å². The van der Waals surface area contributed by atoms with Gasteiger partial charge in [0.1, 0.15) is 5.78 Å². The summed E-state index contributed by atoms with van der Waals surface area (Å²) >= 11 is 0. The Bertz CT molecular complexity index is 951. The Morgan fingerprint density at radius 1 is 1.08 bits per heavy atom. The molecule has 3 N–H and O–H groups in total. The number of nitrogens with zero attached hydrogens (tertiary/aromatic N) is 1. The third-order valence-electron chi connectivity index (χ3n) is 13.2. The van der Waals surface area contributed by atoms with E-state index in [2.05, 4.69) is 52.0 Å². The molecule has 4 unspecified atom stereocenters. The van der Waals surface area contributed by atoms with Crippen molar-refractivity contribution in [3.63, 3.8) is 0 Å². The van der Waals surface area contributed by atoms with Crippen LogP contribution < -0.4 is 5.32 Å². The molecule has 0 radical (unpaired) electrons. The minimum absolute atomic E-state index is 0.0352. The number of amides is 1. The fourth-order valence-electron chi connectivity index (χ4n) is 11.0. The molecule has 1 amide bonds. The van der Waals surface area contributed by atoms with E-state index in [0.29, 0.717) is 12.2 Å². The van der Waals surface area contributed by atoms with Gasteiger partial charge >= 0.3 is 0 Å². The Hall–Kier alpha value is -0.980. The molecule has 2 spiro atoms. The molecule has 0 bridgehead atoms. The van der Waals surface area contributed by atoms with Crippen LogP contribution in [0, 0.1) is 50.7 Å². The standard InChI is InChI=1S/C30H50N2O4/c1-17(2)25(36)31-22-11-12-29-15-30(29)21(10-9-20(29)26(22,4)16-33)27(5)13-19(34)24(18(3)32(7)8)28(27,6)14-23(30)35/h17-22,24,33-34H,9-16H2,1-8H3,(H,31,36)/t18-,19+,20?,21?,22-,24-,26-,27-,28+,29?,30?/m0/s1. The minimum Gasteiger partial charge on any atom is -0.396 e. The van der Waals surface area contributed by atoms with Crippen LogP contribution in [0.15, 0.2) is 0 Å². The SMILES string of the molecule is CC(C)C(=O)N[C@H]1CCC23CC24C(=O)C[C@]2(C)[C@@H]([C@H](C)N(C)C)[C@H](O)C[C@@]2(C)C4CCC3[C@]1(C)CO. The zero-order chi connectivity index (χ0) is 26.6. The summed E-state index contributed by atoms with van der Waals surface area (Å²) in [4.78, 5) is 29.2. The first-order valence-corrected chi connectivity index (χ1v) is 14.5. The highest BCUT2D eigenvalue weighted by Crippen LogP contribution is 2.87. The zero-order valence-corrected chi connectivity index (χ0v) is 23.9. The van der Waals surface area contributed by atoms with E-state index in [1.165, 1.54) is 0 Å². The molecule has 0 heterocycles. The molecule has 0 aromatic heterocycles. The molecule has 5 aliphatic carbocycles. The first-order chi connectivity index (χ1) is 16.7. The third-order valence-corrected chi connectivity index (χ3v) is 13.2. The molecule has 0 aliphatic heterocycles. The van der Waals surface area contributed by atoms with Crippen LogP contribution in [-0.2, 0) is 9.59 Å². The van der Waals surface area contributed by atoms with Crippen molar-refractivity contribution in [2.75, 3.05) is 20.7 Å². The molecule has 0 aromatic rings. The maximum atomic E-state index is 14.4. The Morgan fingerprint density at radius 2 is 1.72 bits per heavy atom. The minimum atomic E-state index is -0.420. The van der Waals surface area contributed by atoms with E-state index in [9.17, 15) is 19.8 Å². The number of rotatable bonds is 5. The Kier molecular flexibility index (Phi) is 5.93. The average Bonchev–Trinajstić information content (AvgIpc) is 3.44. The Balaban J connectivity index is 1.51. The van der Waals surface area contributed by atoms with Crippen LogP contribution in [0.25, 0.3) is 0 Å². The fraction of sp³-hybridized carbons (Fsp3) is 0.933. The fourth-order valence-corrected chi connectivity index (χ4v) is 11.0. The highest BCUT2D eigenvalue weighted by molar-refractivity contribution is 5.92. The summed E-state index contributed by atoms with van der Waals surface area (Å²) in [7, 11) is 4.16. The summed E-state index contributed by atoms with van der Waals surface area (Å²) in [6.07, 6.45) is 5.60. The number of ketones is 1. The van der Waals surface area contributed by atoms with Gasteiger partial charge in [-0.25, -0.2) is 0 Å². The molecule has 0 aromatic carbocycles. The summed E-state index contributed by atoms with van der Waals surface area (Å²) in [5.74, 6) is 0.982. The number of carbonyl (C=O) groups is 2. The number of aliphatic hydroxyl groups excluding tert-OH is 2. The molecule has 204 valence electrons. The maximum Gasteiger partial charge on any atom is 0.222 e. The number of nitrogens with one attached hydrogen (secondary N) is 1. The second-order valence-electron chi connectivity index (χ2n) is 14.8. The molecular weight excluding hydrogens is 452 g/mol. The van der Waals surface area contributed by atoms with Gasteiger partial charge in [-0.3, -0.25) is 9.59 Å². The Labute approximate surface area is 218 Å². The van der Waals surface area contributed by atoms with E-state index in [1.54, 1.807) is 0 Å². The Morgan fingerprint density at radius 3 is 2.31 bits per heavy atom. The van der Waals surface area contributed by atoms with Crippen molar-refractivity contribution in [1.29, 1.82) is 0 Å². The zero-order valence-electron chi connectivity index (χ0n) is 23.9. The number of aliphatic hydroxyl groups is 2. The number of fused-ring (bicyclic) bond motifs is 2. The highest BCUT2D eigenvalue weighted by Gasteiger charge is 2.86. The summed E-state index contributed by atoms with van der Waals surface area (Å²) in [6, 6.07) is 0.149. The lowest BCUT2D eigenvalue weighted by molar-refractivity contribution is -0.173. The van der Waals surface area contributed by atoms with Crippen LogP contribution in [0.4, 0.5) is 0 Å². The van der Waals surface area contributed by atoms with Crippen molar-refractivity contribution < 1.29 is 19.8 Å².